The fourth-order valence-electron chi connectivity index (χ4n) is 2.11. The molecular formula is C19H18N2O9. The lowest BCUT2D eigenvalue weighted by molar-refractivity contribution is -0.385. The standard InChI is InChI=1S/C11H11NO5.C8H7NO4/c1-16-10-5-3-8(4-6-11(13)17-2)7-9(10)12(14)15;1-13-8-3-2-6(5-10)4-7(8)9(11)12/h3-7H,1-2H3;2-5H,1H3/b6-4+;. The minimum absolute atomic E-state index is 0.149. The monoisotopic (exact) mass is 418 g/mol. The number of nitro groups is 2. The number of nitro benzene ring substituents is 2. The zero-order chi connectivity index (χ0) is 22.7. The van der Waals surface area contributed by atoms with Crippen LogP contribution in [0.3, 0.4) is 0 Å². The molecule has 0 atom stereocenters. The van der Waals surface area contributed by atoms with E-state index in [1.54, 1.807) is 6.07 Å². The average molecular weight is 418 g/mol. The molecule has 0 N–H and O–H groups in total. The topological polar surface area (TPSA) is 148 Å². The number of ether oxygens (including phenoxy) is 3. The Morgan fingerprint density at radius 1 is 0.867 bits per heavy atom. The van der Waals surface area contributed by atoms with Crippen molar-refractivity contribution >= 4 is 29.7 Å². The minimum Gasteiger partial charge on any atom is -0.490 e. The van der Waals surface area contributed by atoms with Crippen LogP contribution in [0.5, 0.6) is 11.5 Å². The van der Waals surface area contributed by atoms with Crippen LogP contribution in [-0.2, 0) is 9.53 Å². The first-order chi connectivity index (χ1) is 14.3. The van der Waals surface area contributed by atoms with Gasteiger partial charge in [0, 0.05) is 23.8 Å². The second kappa shape index (κ2) is 11.5. The molecule has 0 amide bonds. The van der Waals surface area contributed by atoms with Gasteiger partial charge in [0.15, 0.2) is 11.5 Å². The predicted octanol–water partition coefficient (Wildman–Crippen LogP) is 3.21. The predicted molar refractivity (Wildman–Crippen MR) is 106 cm³/mol. The largest absolute Gasteiger partial charge is 0.490 e. The number of aldehydes is 1. The summed E-state index contributed by atoms with van der Waals surface area (Å²) < 4.78 is 14.0. The second-order valence-corrected chi connectivity index (χ2v) is 5.35. The number of hydrogen-bond donors (Lipinski definition) is 0. The number of nitrogens with zero attached hydrogens (tertiary/aromatic N) is 2. The molecule has 158 valence electrons. The minimum atomic E-state index is -0.591. The maximum absolute atomic E-state index is 10.9. The molecule has 0 aliphatic carbocycles. The van der Waals surface area contributed by atoms with E-state index >= 15 is 0 Å². The van der Waals surface area contributed by atoms with Gasteiger partial charge in [-0.3, -0.25) is 25.0 Å². The fourth-order valence-corrected chi connectivity index (χ4v) is 2.11. The van der Waals surface area contributed by atoms with E-state index in [2.05, 4.69) is 4.74 Å². The van der Waals surface area contributed by atoms with Crippen LogP contribution < -0.4 is 9.47 Å². The molecule has 0 saturated heterocycles. The van der Waals surface area contributed by atoms with E-state index < -0.39 is 15.8 Å². The van der Waals surface area contributed by atoms with Crippen molar-refractivity contribution in [3.05, 3.63) is 73.8 Å². The van der Waals surface area contributed by atoms with Crippen molar-refractivity contribution in [2.24, 2.45) is 0 Å². The van der Waals surface area contributed by atoms with Crippen LogP contribution in [0, 0.1) is 20.2 Å². The lowest BCUT2D eigenvalue weighted by atomic mass is 10.1. The van der Waals surface area contributed by atoms with Crippen LogP contribution in [0.25, 0.3) is 6.08 Å². The molecule has 0 saturated carbocycles. The van der Waals surface area contributed by atoms with Gasteiger partial charge in [-0.05, 0) is 29.8 Å². The Kier molecular flexibility index (Phi) is 9.14. The van der Waals surface area contributed by atoms with Gasteiger partial charge in [0.05, 0.1) is 31.2 Å². The summed E-state index contributed by atoms with van der Waals surface area (Å²) >= 11 is 0. The van der Waals surface area contributed by atoms with Crippen molar-refractivity contribution in [3.63, 3.8) is 0 Å². The molecule has 2 aromatic carbocycles. The first kappa shape index (κ1) is 23.8. The highest BCUT2D eigenvalue weighted by atomic mass is 16.6. The number of carbonyl (C=O) groups excluding carboxylic acids is 2. The van der Waals surface area contributed by atoms with Gasteiger partial charge in [-0.1, -0.05) is 6.07 Å². The molecular weight excluding hydrogens is 400 g/mol. The van der Waals surface area contributed by atoms with E-state index in [0.717, 1.165) is 0 Å². The van der Waals surface area contributed by atoms with Crippen molar-refractivity contribution in [2.75, 3.05) is 21.3 Å². The Morgan fingerprint density at radius 3 is 1.73 bits per heavy atom. The molecule has 11 heteroatoms. The van der Waals surface area contributed by atoms with E-state index in [9.17, 15) is 29.8 Å². The normalized spacial score (nSPS) is 9.83. The number of hydrogen-bond acceptors (Lipinski definition) is 9. The van der Waals surface area contributed by atoms with Gasteiger partial charge < -0.3 is 14.2 Å². The molecule has 0 fully saturated rings. The Balaban J connectivity index is 0.000000311. The van der Waals surface area contributed by atoms with Crippen LogP contribution >= 0.6 is 0 Å². The molecule has 11 nitrogen and oxygen atoms in total. The maximum Gasteiger partial charge on any atom is 0.330 e. The smallest absolute Gasteiger partial charge is 0.330 e. The zero-order valence-electron chi connectivity index (χ0n) is 16.3. The Labute approximate surface area is 170 Å². The average Bonchev–Trinajstić information content (AvgIpc) is 2.76. The Morgan fingerprint density at radius 2 is 1.33 bits per heavy atom. The number of esters is 1. The van der Waals surface area contributed by atoms with Crippen LogP contribution in [0.2, 0.25) is 0 Å². The summed E-state index contributed by atoms with van der Waals surface area (Å²) in [6, 6.07) is 8.41. The summed E-state index contributed by atoms with van der Waals surface area (Å²) in [5, 5.41) is 21.2. The van der Waals surface area contributed by atoms with E-state index in [1.165, 1.54) is 63.8 Å². The number of carbonyl (C=O) groups is 2. The molecule has 2 rings (SSSR count). The van der Waals surface area contributed by atoms with E-state index in [4.69, 9.17) is 9.47 Å². The van der Waals surface area contributed by atoms with E-state index in [0.29, 0.717) is 11.8 Å². The highest BCUT2D eigenvalue weighted by Crippen LogP contribution is 2.28. The number of rotatable bonds is 7. The highest BCUT2D eigenvalue weighted by Gasteiger charge is 2.15. The van der Waals surface area contributed by atoms with Crippen LogP contribution in [-0.4, -0.2) is 43.4 Å². The van der Waals surface area contributed by atoms with Crippen molar-refractivity contribution in [3.8, 4) is 11.5 Å². The number of methoxy groups -OCH3 is 3. The molecule has 30 heavy (non-hydrogen) atoms. The SMILES string of the molecule is COC(=O)/C=C/c1ccc(OC)c([N+](=O)[O-])c1.COc1ccc(C=O)cc1[N+](=O)[O-]. The molecule has 0 bridgehead atoms. The molecule has 0 aliphatic heterocycles. The van der Waals surface area contributed by atoms with Crippen LogP contribution in [0.15, 0.2) is 42.5 Å². The third-order valence-corrected chi connectivity index (χ3v) is 3.55. The molecule has 0 radical (unpaired) electrons. The van der Waals surface area contributed by atoms with Gasteiger partial charge in [0.2, 0.25) is 0 Å². The molecule has 0 aromatic heterocycles. The van der Waals surface area contributed by atoms with Crippen molar-refractivity contribution in [1.29, 1.82) is 0 Å². The Bertz CT molecular complexity index is 970. The number of benzene rings is 2. The van der Waals surface area contributed by atoms with Crippen molar-refractivity contribution in [1.82, 2.24) is 0 Å². The lowest BCUT2D eigenvalue weighted by Crippen LogP contribution is -1.95. The van der Waals surface area contributed by atoms with E-state index in [1.807, 2.05) is 0 Å². The lowest BCUT2D eigenvalue weighted by Gasteiger charge is -2.01. The summed E-state index contributed by atoms with van der Waals surface area (Å²) in [5.41, 5.74) is 0.419. The Hall–Kier alpha value is -4.28. The molecule has 0 spiro atoms. The van der Waals surface area contributed by atoms with Gasteiger partial charge in [-0.15, -0.1) is 0 Å². The summed E-state index contributed by atoms with van der Waals surface area (Å²) in [7, 11) is 3.94. The summed E-state index contributed by atoms with van der Waals surface area (Å²) in [5.74, 6) is -0.204. The van der Waals surface area contributed by atoms with Gasteiger partial charge in [-0.25, -0.2) is 4.79 Å². The summed E-state index contributed by atoms with van der Waals surface area (Å²) in [6.07, 6.45) is 3.16. The van der Waals surface area contributed by atoms with Crippen molar-refractivity contribution in [2.45, 2.75) is 0 Å². The quantitative estimate of drug-likeness (QED) is 0.217. The molecule has 0 unspecified atom stereocenters. The fraction of sp³-hybridized carbons (Fsp3) is 0.158. The first-order valence-electron chi connectivity index (χ1n) is 8.13. The van der Waals surface area contributed by atoms with Gasteiger partial charge in [0.1, 0.15) is 6.29 Å². The van der Waals surface area contributed by atoms with Gasteiger partial charge in [-0.2, -0.15) is 0 Å². The zero-order valence-corrected chi connectivity index (χ0v) is 16.3. The summed E-state index contributed by atoms with van der Waals surface area (Å²) in [6.45, 7) is 0. The van der Waals surface area contributed by atoms with Gasteiger partial charge >= 0.3 is 17.3 Å². The van der Waals surface area contributed by atoms with Crippen LogP contribution in [0.1, 0.15) is 15.9 Å². The molecule has 0 aliphatic rings. The molecule has 0 heterocycles. The maximum atomic E-state index is 10.9. The third-order valence-electron chi connectivity index (χ3n) is 3.55. The van der Waals surface area contributed by atoms with Crippen LogP contribution in [0.4, 0.5) is 11.4 Å². The van der Waals surface area contributed by atoms with E-state index in [-0.39, 0.29) is 28.4 Å². The highest BCUT2D eigenvalue weighted by molar-refractivity contribution is 5.87. The summed E-state index contributed by atoms with van der Waals surface area (Å²) in [4.78, 5) is 41.2. The van der Waals surface area contributed by atoms with Crippen molar-refractivity contribution < 1.29 is 33.6 Å². The second-order valence-electron chi connectivity index (χ2n) is 5.35. The third kappa shape index (κ3) is 6.71. The van der Waals surface area contributed by atoms with Gasteiger partial charge in [0.25, 0.3) is 0 Å². The first-order valence-corrected chi connectivity index (χ1v) is 8.13. The molecule has 2 aromatic rings.